The Morgan fingerprint density at radius 3 is 2.58 bits per heavy atom. The van der Waals surface area contributed by atoms with Gasteiger partial charge in [0.1, 0.15) is 11.5 Å². The molecule has 1 aromatic heterocycles. The summed E-state index contributed by atoms with van der Waals surface area (Å²) in [6, 6.07) is 1.51. The Kier molecular flexibility index (Phi) is 4.41. The summed E-state index contributed by atoms with van der Waals surface area (Å²) in [5, 5.41) is 18.8. The lowest BCUT2D eigenvalue weighted by molar-refractivity contribution is -0.142. The van der Waals surface area contributed by atoms with Gasteiger partial charge in [0.05, 0.1) is 12.1 Å². The molecule has 1 rings (SSSR count). The molecule has 102 valence electrons. The van der Waals surface area contributed by atoms with Crippen molar-refractivity contribution < 1.29 is 19.5 Å². The zero-order valence-electron chi connectivity index (χ0n) is 10.2. The van der Waals surface area contributed by atoms with E-state index in [-0.39, 0.29) is 17.6 Å². The highest BCUT2D eigenvalue weighted by atomic mass is 16.4. The van der Waals surface area contributed by atoms with Crippen LogP contribution in [0.4, 0.5) is 0 Å². The Labute approximate surface area is 108 Å². The van der Waals surface area contributed by atoms with Crippen LogP contribution in [0, 0.1) is 5.41 Å². The molecular formula is C11H14N4O4. The maximum Gasteiger partial charge on any atom is 0.328 e. The van der Waals surface area contributed by atoms with Gasteiger partial charge in [-0.25, -0.2) is 4.79 Å². The van der Waals surface area contributed by atoms with Crippen LogP contribution < -0.4 is 16.5 Å². The van der Waals surface area contributed by atoms with E-state index < -0.39 is 23.8 Å². The fraction of sp³-hybridized carbons (Fsp3) is 0.273. The molecule has 1 aromatic rings. The Hall–Kier alpha value is -2.64. The second kappa shape index (κ2) is 5.80. The first-order valence-corrected chi connectivity index (χ1v) is 5.36. The highest BCUT2D eigenvalue weighted by molar-refractivity contribution is 5.92. The van der Waals surface area contributed by atoms with Gasteiger partial charge in [0.25, 0.3) is 0 Å². The molecule has 0 radical (unpaired) electrons. The van der Waals surface area contributed by atoms with Crippen LogP contribution in [0.3, 0.4) is 0 Å². The SMILES string of the molecule is CC(=O)N[C@@H](Cn1cc(C(N)=O)ccc1=N)C(=O)O. The number of carbonyl (C=O) groups excluding carboxylic acids is 2. The number of nitrogens with zero attached hydrogens (tertiary/aromatic N) is 1. The summed E-state index contributed by atoms with van der Waals surface area (Å²) >= 11 is 0. The molecule has 8 heteroatoms. The van der Waals surface area contributed by atoms with Crippen molar-refractivity contribution in [2.75, 3.05) is 0 Å². The summed E-state index contributed by atoms with van der Waals surface area (Å²) in [7, 11) is 0. The number of nitrogens with one attached hydrogen (secondary N) is 2. The predicted molar refractivity (Wildman–Crippen MR) is 64.0 cm³/mol. The van der Waals surface area contributed by atoms with Crippen molar-refractivity contribution in [2.45, 2.75) is 19.5 Å². The number of carboxylic acid groups (broad SMARTS) is 1. The second-order valence-electron chi connectivity index (χ2n) is 3.91. The molecule has 0 aliphatic heterocycles. The number of hydrogen-bond donors (Lipinski definition) is 4. The molecule has 2 amide bonds. The smallest absolute Gasteiger partial charge is 0.328 e. The van der Waals surface area contributed by atoms with Gasteiger partial charge in [0.15, 0.2) is 0 Å². The van der Waals surface area contributed by atoms with Crippen LogP contribution in [0.2, 0.25) is 0 Å². The van der Waals surface area contributed by atoms with Crippen LogP contribution in [0.1, 0.15) is 17.3 Å². The van der Waals surface area contributed by atoms with Crippen LogP contribution in [0.5, 0.6) is 0 Å². The molecular weight excluding hydrogens is 252 g/mol. The van der Waals surface area contributed by atoms with Crippen molar-refractivity contribution in [3.63, 3.8) is 0 Å². The highest BCUT2D eigenvalue weighted by Crippen LogP contribution is 1.97. The van der Waals surface area contributed by atoms with E-state index in [9.17, 15) is 14.4 Å². The van der Waals surface area contributed by atoms with Gasteiger partial charge in [-0.2, -0.15) is 0 Å². The van der Waals surface area contributed by atoms with E-state index in [2.05, 4.69) is 5.32 Å². The Balaban J connectivity index is 3.05. The van der Waals surface area contributed by atoms with E-state index in [4.69, 9.17) is 16.2 Å². The fourth-order valence-corrected chi connectivity index (χ4v) is 1.47. The Bertz CT molecular complexity index is 578. The molecule has 19 heavy (non-hydrogen) atoms. The van der Waals surface area contributed by atoms with Gasteiger partial charge in [-0.3, -0.25) is 15.0 Å². The molecule has 0 aliphatic carbocycles. The van der Waals surface area contributed by atoms with Crippen molar-refractivity contribution in [2.24, 2.45) is 5.73 Å². The van der Waals surface area contributed by atoms with Crippen LogP contribution in [-0.4, -0.2) is 33.5 Å². The summed E-state index contributed by atoms with van der Waals surface area (Å²) in [4.78, 5) is 32.9. The molecule has 8 nitrogen and oxygen atoms in total. The van der Waals surface area contributed by atoms with Gasteiger partial charge in [-0.1, -0.05) is 0 Å². The topological polar surface area (TPSA) is 138 Å². The van der Waals surface area contributed by atoms with Gasteiger partial charge < -0.3 is 20.7 Å². The number of nitrogens with two attached hydrogens (primary N) is 1. The van der Waals surface area contributed by atoms with E-state index in [0.29, 0.717) is 0 Å². The van der Waals surface area contributed by atoms with Crippen molar-refractivity contribution >= 4 is 17.8 Å². The average Bonchev–Trinajstić information content (AvgIpc) is 2.29. The number of rotatable bonds is 5. The van der Waals surface area contributed by atoms with Crippen LogP contribution in [0.15, 0.2) is 18.3 Å². The summed E-state index contributed by atoms with van der Waals surface area (Å²) in [6.07, 6.45) is 1.28. The van der Waals surface area contributed by atoms with E-state index >= 15 is 0 Å². The number of amides is 2. The largest absolute Gasteiger partial charge is 0.480 e. The molecule has 0 saturated heterocycles. The summed E-state index contributed by atoms with van der Waals surface area (Å²) < 4.78 is 1.23. The Morgan fingerprint density at radius 1 is 1.47 bits per heavy atom. The zero-order chi connectivity index (χ0) is 14.6. The third-order valence-corrected chi connectivity index (χ3v) is 2.36. The van der Waals surface area contributed by atoms with Crippen molar-refractivity contribution in [3.05, 3.63) is 29.4 Å². The molecule has 1 heterocycles. The van der Waals surface area contributed by atoms with Crippen LogP contribution in [0.25, 0.3) is 0 Å². The number of hydrogen-bond acceptors (Lipinski definition) is 4. The van der Waals surface area contributed by atoms with Crippen LogP contribution >= 0.6 is 0 Å². The number of carbonyl (C=O) groups is 3. The summed E-state index contributed by atoms with van der Waals surface area (Å²) in [5.74, 6) is -2.41. The van der Waals surface area contributed by atoms with Gasteiger partial charge >= 0.3 is 5.97 Å². The van der Waals surface area contributed by atoms with E-state index in [1.807, 2.05) is 0 Å². The first-order valence-electron chi connectivity index (χ1n) is 5.36. The first kappa shape index (κ1) is 14.4. The summed E-state index contributed by atoms with van der Waals surface area (Å²) in [5.41, 5.74) is 5.26. The number of carboxylic acids is 1. The standard InChI is InChI=1S/C11H14N4O4/c1-6(16)14-8(11(18)19)5-15-4-7(10(13)17)2-3-9(15)12/h2-4,8,12H,5H2,1H3,(H2,13,17)(H,14,16)(H,18,19)/t8-/m0/s1. The molecule has 0 aliphatic rings. The van der Waals surface area contributed by atoms with Gasteiger partial charge in [-0.05, 0) is 12.1 Å². The van der Waals surface area contributed by atoms with Crippen molar-refractivity contribution in [3.8, 4) is 0 Å². The maximum absolute atomic E-state index is 11.0. The molecule has 5 N–H and O–H groups in total. The molecule has 0 spiro atoms. The van der Waals surface area contributed by atoms with E-state index in [0.717, 1.165) is 0 Å². The fourth-order valence-electron chi connectivity index (χ4n) is 1.47. The maximum atomic E-state index is 11.0. The zero-order valence-corrected chi connectivity index (χ0v) is 10.2. The highest BCUT2D eigenvalue weighted by Gasteiger charge is 2.19. The Morgan fingerprint density at radius 2 is 2.11 bits per heavy atom. The lowest BCUT2D eigenvalue weighted by Crippen LogP contribution is -2.44. The molecule has 0 aromatic carbocycles. The number of primary amides is 1. The molecule has 0 unspecified atom stereocenters. The number of aromatic nitrogens is 1. The average molecular weight is 266 g/mol. The van der Waals surface area contributed by atoms with Crippen LogP contribution in [-0.2, 0) is 16.1 Å². The monoisotopic (exact) mass is 266 g/mol. The number of aliphatic carboxylic acids is 1. The molecule has 0 bridgehead atoms. The van der Waals surface area contributed by atoms with Gasteiger partial charge in [0.2, 0.25) is 11.8 Å². The third kappa shape index (κ3) is 3.95. The predicted octanol–water partition coefficient (Wildman–Crippen LogP) is -1.34. The molecule has 0 saturated carbocycles. The first-order chi connectivity index (χ1) is 8.81. The third-order valence-electron chi connectivity index (χ3n) is 2.36. The normalized spacial score (nSPS) is 11.6. The minimum atomic E-state index is -1.23. The quantitative estimate of drug-likeness (QED) is 0.523. The van der Waals surface area contributed by atoms with E-state index in [1.165, 1.54) is 29.8 Å². The van der Waals surface area contributed by atoms with Gasteiger partial charge in [-0.15, -0.1) is 0 Å². The van der Waals surface area contributed by atoms with E-state index in [1.54, 1.807) is 0 Å². The van der Waals surface area contributed by atoms with Crippen molar-refractivity contribution in [1.82, 2.24) is 9.88 Å². The minimum absolute atomic E-state index is 0.00148. The number of pyridine rings is 1. The lowest BCUT2D eigenvalue weighted by Gasteiger charge is -2.16. The second-order valence-corrected chi connectivity index (χ2v) is 3.91. The lowest BCUT2D eigenvalue weighted by atomic mass is 10.2. The minimum Gasteiger partial charge on any atom is -0.480 e. The van der Waals surface area contributed by atoms with Crippen molar-refractivity contribution in [1.29, 1.82) is 5.41 Å². The molecule has 1 atom stereocenters. The summed E-state index contributed by atoms with van der Waals surface area (Å²) in [6.45, 7) is 1.02. The molecule has 0 fully saturated rings. The van der Waals surface area contributed by atoms with Gasteiger partial charge in [0, 0.05) is 13.1 Å².